The van der Waals surface area contributed by atoms with E-state index in [0.29, 0.717) is 16.6 Å². The van der Waals surface area contributed by atoms with E-state index in [1.54, 1.807) is 17.8 Å². The summed E-state index contributed by atoms with van der Waals surface area (Å²) in [5.41, 5.74) is 1.44. The monoisotopic (exact) mass is 264 g/mol. The number of hydrogen-bond acceptors (Lipinski definition) is 3. The number of hydrogen-bond donors (Lipinski definition) is 1. The molecule has 0 bridgehead atoms. The lowest BCUT2D eigenvalue weighted by Gasteiger charge is -2.07. The van der Waals surface area contributed by atoms with Gasteiger partial charge in [-0.25, -0.2) is 4.79 Å². The van der Waals surface area contributed by atoms with Crippen LogP contribution in [-0.4, -0.2) is 16.3 Å². The van der Waals surface area contributed by atoms with Gasteiger partial charge in [0.25, 0.3) is 0 Å². The summed E-state index contributed by atoms with van der Waals surface area (Å²) in [5, 5.41) is 10.6. The molecule has 18 heavy (non-hydrogen) atoms. The van der Waals surface area contributed by atoms with Crippen LogP contribution in [0.15, 0.2) is 28.7 Å². The fraction of sp³-hybridized carbons (Fsp3) is 0.357. The van der Waals surface area contributed by atoms with E-state index in [1.165, 1.54) is 0 Å². The molecule has 1 N–H and O–H groups in total. The van der Waals surface area contributed by atoms with Crippen molar-refractivity contribution in [1.29, 1.82) is 0 Å². The smallest absolute Gasteiger partial charge is 0.372 e. The normalized spacial score (nSPS) is 12.8. The lowest BCUT2D eigenvalue weighted by Crippen LogP contribution is -2.00. The number of carboxylic acids is 1. The minimum Gasteiger partial charge on any atom is -0.475 e. The molecule has 1 aromatic heterocycles. The third-order valence-electron chi connectivity index (χ3n) is 2.98. The van der Waals surface area contributed by atoms with Crippen LogP contribution in [0.25, 0.3) is 11.0 Å². The van der Waals surface area contributed by atoms with Gasteiger partial charge in [0.05, 0.1) is 0 Å². The molecule has 1 unspecified atom stereocenters. The molecule has 1 atom stereocenters. The van der Waals surface area contributed by atoms with Crippen molar-refractivity contribution in [2.75, 3.05) is 0 Å². The maximum atomic E-state index is 11.2. The molecule has 0 saturated carbocycles. The molecule has 1 heterocycles. The van der Waals surface area contributed by atoms with Gasteiger partial charge in [-0.05, 0) is 12.5 Å². The minimum atomic E-state index is -0.994. The van der Waals surface area contributed by atoms with Gasteiger partial charge in [0.15, 0.2) is 0 Å². The van der Waals surface area contributed by atoms with E-state index in [1.807, 2.05) is 18.2 Å². The number of thioether (sulfide) groups is 1. The van der Waals surface area contributed by atoms with Crippen LogP contribution in [0, 0.1) is 0 Å². The zero-order valence-corrected chi connectivity index (χ0v) is 11.3. The summed E-state index contributed by atoms with van der Waals surface area (Å²) in [5.74, 6) is -0.244. The Bertz CT molecular complexity index is 559. The highest BCUT2D eigenvalue weighted by atomic mass is 32.2. The van der Waals surface area contributed by atoms with Gasteiger partial charge in [0.2, 0.25) is 5.76 Å². The molecule has 0 spiro atoms. The van der Waals surface area contributed by atoms with E-state index in [4.69, 9.17) is 4.42 Å². The number of furan rings is 1. The lowest BCUT2D eigenvalue weighted by molar-refractivity contribution is 0.0664. The zero-order chi connectivity index (χ0) is 13.1. The van der Waals surface area contributed by atoms with Crippen LogP contribution in [-0.2, 0) is 5.75 Å². The Balaban J connectivity index is 2.39. The van der Waals surface area contributed by atoms with Crippen LogP contribution in [0.5, 0.6) is 0 Å². The van der Waals surface area contributed by atoms with E-state index in [9.17, 15) is 9.90 Å². The van der Waals surface area contributed by atoms with Gasteiger partial charge in [0, 0.05) is 22.0 Å². The van der Waals surface area contributed by atoms with E-state index in [0.717, 1.165) is 17.4 Å². The van der Waals surface area contributed by atoms with E-state index in [2.05, 4.69) is 13.8 Å². The average Bonchev–Trinajstić information content (AvgIpc) is 2.75. The molecule has 2 aromatic rings. The number of benzene rings is 1. The predicted molar refractivity (Wildman–Crippen MR) is 74.2 cm³/mol. The van der Waals surface area contributed by atoms with Crippen LogP contribution in [0.3, 0.4) is 0 Å². The van der Waals surface area contributed by atoms with Crippen LogP contribution in [0.2, 0.25) is 0 Å². The average molecular weight is 264 g/mol. The van der Waals surface area contributed by atoms with E-state index < -0.39 is 5.97 Å². The van der Waals surface area contributed by atoms with Gasteiger partial charge in [-0.1, -0.05) is 32.0 Å². The molecule has 0 aliphatic carbocycles. The number of para-hydroxylation sites is 1. The molecular weight excluding hydrogens is 248 g/mol. The maximum Gasteiger partial charge on any atom is 0.372 e. The second kappa shape index (κ2) is 5.48. The van der Waals surface area contributed by atoms with Gasteiger partial charge < -0.3 is 9.52 Å². The maximum absolute atomic E-state index is 11.2. The molecule has 3 nitrogen and oxygen atoms in total. The second-order valence-electron chi connectivity index (χ2n) is 4.24. The van der Waals surface area contributed by atoms with Gasteiger partial charge in [0.1, 0.15) is 5.58 Å². The lowest BCUT2D eigenvalue weighted by atomic mass is 10.1. The van der Waals surface area contributed by atoms with Crippen LogP contribution in [0.4, 0.5) is 0 Å². The fourth-order valence-corrected chi connectivity index (χ4v) is 2.73. The van der Waals surface area contributed by atoms with Gasteiger partial charge in [-0.3, -0.25) is 0 Å². The first-order chi connectivity index (χ1) is 8.63. The Kier molecular flexibility index (Phi) is 3.97. The molecule has 96 valence electrons. The van der Waals surface area contributed by atoms with Crippen LogP contribution < -0.4 is 0 Å². The molecule has 1 aromatic carbocycles. The predicted octanol–water partition coefficient (Wildman–Crippen LogP) is 4.16. The fourth-order valence-electron chi connectivity index (χ4n) is 1.76. The molecular formula is C14H16O3S. The first-order valence-electron chi connectivity index (χ1n) is 5.98. The molecule has 0 radical (unpaired) electrons. The second-order valence-corrected chi connectivity index (χ2v) is 5.67. The van der Waals surface area contributed by atoms with Gasteiger partial charge in [-0.2, -0.15) is 11.8 Å². The van der Waals surface area contributed by atoms with Crippen LogP contribution >= 0.6 is 11.8 Å². The Morgan fingerprint density at radius 3 is 2.83 bits per heavy atom. The third kappa shape index (κ3) is 2.53. The summed E-state index contributed by atoms with van der Waals surface area (Å²) in [6.45, 7) is 4.27. The number of carboxylic acid groups (broad SMARTS) is 1. The Labute approximate surface area is 110 Å². The number of fused-ring (bicyclic) bond motifs is 1. The molecule has 0 saturated heterocycles. The van der Waals surface area contributed by atoms with Crippen molar-refractivity contribution in [3.05, 3.63) is 35.6 Å². The highest BCUT2D eigenvalue weighted by Gasteiger charge is 2.19. The van der Waals surface area contributed by atoms with Gasteiger partial charge in [-0.15, -0.1) is 0 Å². The number of carbonyl (C=O) groups is 1. The van der Waals surface area contributed by atoms with Crippen LogP contribution in [0.1, 0.15) is 36.4 Å². The molecule has 0 aliphatic rings. The van der Waals surface area contributed by atoms with E-state index in [-0.39, 0.29) is 5.76 Å². The Hall–Kier alpha value is -1.42. The largest absolute Gasteiger partial charge is 0.475 e. The summed E-state index contributed by atoms with van der Waals surface area (Å²) >= 11 is 1.76. The molecule has 4 heteroatoms. The summed E-state index contributed by atoms with van der Waals surface area (Å²) in [7, 11) is 0. The molecule has 2 rings (SSSR count). The molecule has 0 aliphatic heterocycles. The number of rotatable bonds is 5. The highest BCUT2D eigenvalue weighted by molar-refractivity contribution is 7.99. The first-order valence-corrected chi connectivity index (χ1v) is 7.03. The highest BCUT2D eigenvalue weighted by Crippen LogP contribution is 2.31. The minimum absolute atomic E-state index is 0.0759. The van der Waals surface area contributed by atoms with Crippen molar-refractivity contribution in [3.63, 3.8) is 0 Å². The van der Waals surface area contributed by atoms with Crippen molar-refractivity contribution in [2.45, 2.75) is 31.3 Å². The molecule has 0 amide bonds. The van der Waals surface area contributed by atoms with Crippen molar-refractivity contribution in [3.8, 4) is 0 Å². The first kappa shape index (κ1) is 13.0. The third-order valence-corrected chi connectivity index (χ3v) is 4.34. The summed E-state index contributed by atoms with van der Waals surface area (Å²) in [6.07, 6.45) is 1.07. The summed E-state index contributed by atoms with van der Waals surface area (Å²) < 4.78 is 5.41. The Morgan fingerprint density at radius 1 is 1.44 bits per heavy atom. The van der Waals surface area contributed by atoms with Crippen molar-refractivity contribution < 1.29 is 14.3 Å². The molecule has 0 fully saturated rings. The van der Waals surface area contributed by atoms with Crippen molar-refractivity contribution in [1.82, 2.24) is 0 Å². The summed E-state index contributed by atoms with van der Waals surface area (Å²) in [6, 6.07) is 7.47. The summed E-state index contributed by atoms with van der Waals surface area (Å²) in [4.78, 5) is 11.2. The zero-order valence-electron chi connectivity index (χ0n) is 10.5. The SMILES string of the molecule is CCC(C)SCc1c(C(=O)O)oc2ccccc12. The van der Waals surface area contributed by atoms with Crippen molar-refractivity contribution >= 4 is 28.7 Å². The standard InChI is InChI=1S/C14H16O3S/c1-3-9(2)18-8-11-10-6-4-5-7-12(10)17-13(11)14(15)16/h4-7,9H,3,8H2,1-2H3,(H,15,16). The van der Waals surface area contributed by atoms with Crippen molar-refractivity contribution in [2.24, 2.45) is 0 Å². The quantitative estimate of drug-likeness (QED) is 0.880. The topological polar surface area (TPSA) is 50.4 Å². The Morgan fingerprint density at radius 2 is 2.17 bits per heavy atom. The van der Waals surface area contributed by atoms with Gasteiger partial charge >= 0.3 is 5.97 Å². The number of aromatic carboxylic acids is 1. The van der Waals surface area contributed by atoms with E-state index >= 15 is 0 Å².